The van der Waals surface area contributed by atoms with Crippen LogP contribution in [0.4, 0.5) is 0 Å². The highest BCUT2D eigenvalue weighted by molar-refractivity contribution is 5.93. The van der Waals surface area contributed by atoms with Crippen LogP contribution in [0.15, 0.2) is 57.6 Å². The molecule has 0 bridgehead atoms. The number of carbonyl (C=O) groups is 1. The molecule has 0 radical (unpaired) electrons. The fourth-order valence-corrected chi connectivity index (χ4v) is 3.82. The Bertz CT molecular complexity index is 1170. The number of hydrogen-bond donors (Lipinski definition) is 1. The van der Waals surface area contributed by atoms with Crippen molar-refractivity contribution < 1.29 is 18.4 Å². The molecule has 1 fully saturated rings. The van der Waals surface area contributed by atoms with Crippen molar-refractivity contribution in [1.82, 2.24) is 25.3 Å². The molecule has 31 heavy (non-hydrogen) atoms. The highest BCUT2D eigenvalue weighted by Gasteiger charge is 2.29. The van der Waals surface area contributed by atoms with E-state index in [0.29, 0.717) is 47.8 Å². The van der Waals surface area contributed by atoms with Crippen molar-refractivity contribution in [2.75, 3.05) is 20.2 Å². The number of rotatable bonds is 5. The largest absolute Gasteiger partial charge is 0.496 e. The normalized spacial score (nSPS) is 14.7. The number of ether oxygens (including phenoxy) is 1. The highest BCUT2D eigenvalue weighted by atomic mass is 16.5. The van der Waals surface area contributed by atoms with E-state index in [2.05, 4.69) is 20.4 Å². The van der Waals surface area contributed by atoms with Gasteiger partial charge in [-0.3, -0.25) is 9.89 Å². The summed E-state index contributed by atoms with van der Waals surface area (Å²) in [5.41, 5.74) is 1.96. The van der Waals surface area contributed by atoms with Gasteiger partial charge in [0.2, 0.25) is 5.89 Å². The smallest absolute Gasteiger partial charge is 0.283 e. The predicted molar refractivity (Wildman–Crippen MR) is 110 cm³/mol. The van der Waals surface area contributed by atoms with Crippen molar-refractivity contribution >= 4 is 5.91 Å². The monoisotopic (exact) mass is 419 g/mol. The maximum atomic E-state index is 13.0. The molecule has 158 valence electrons. The second kappa shape index (κ2) is 8.10. The first-order valence-corrected chi connectivity index (χ1v) is 10.1. The van der Waals surface area contributed by atoms with E-state index in [1.54, 1.807) is 31.6 Å². The second-order valence-electron chi connectivity index (χ2n) is 7.36. The Labute approximate surface area is 178 Å². The van der Waals surface area contributed by atoms with E-state index in [9.17, 15) is 4.79 Å². The van der Waals surface area contributed by atoms with Gasteiger partial charge in [-0.1, -0.05) is 12.1 Å². The number of nitrogens with zero attached hydrogens (tertiary/aromatic N) is 4. The average molecular weight is 419 g/mol. The third kappa shape index (κ3) is 3.70. The molecule has 3 aromatic heterocycles. The van der Waals surface area contributed by atoms with E-state index in [-0.39, 0.29) is 11.8 Å². The number of carbonyl (C=O) groups excluding carboxylic acids is 1. The van der Waals surface area contributed by atoms with Gasteiger partial charge in [-0.25, -0.2) is 0 Å². The van der Waals surface area contributed by atoms with Gasteiger partial charge in [0.25, 0.3) is 11.8 Å². The minimum Gasteiger partial charge on any atom is -0.496 e. The van der Waals surface area contributed by atoms with Crippen molar-refractivity contribution in [3.8, 4) is 28.7 Å². The fraction of sp³-hybridized carbons (Fsp3) is 0.273. The first-order valence-electron chi connectivity index (χ1n) is 10.1. The number of nitrogens with one attached hydrogen (secondary N) is 1. The molecule has 4 aromatic rings. The number of H-pyrrole nitrogens is 1. The molecule has 1 saturated heterocycles. The summed E-state index contributed by atoms with van der Waals surface area (Å²) in [5.74, 6) is 2.26. The molecule has 0 aliphatic carbocycles. The molecule has 4 heterocycles. The van der Waals surface area contributed by atoms with Gasteiger partial charge in [-0.15, -0.1) is 10.2 Å². The number of likely N-dealkylation sites (tertiary alicyclic amines) is 1. The van der Waals surface area contributed by atoms with E-state index in [1.165, 1.54) is 0 Å². The van der Waals surface area contributed by atoms with Gasteiger partial charge in [-0.2, -0.15) is 5.10 Å². The van der Waals surface area contributed by atoms with Crippen molar-refractivity contribution in [2.45, 2.75) is 18.8 Å². The zero-order valence-electron chi connectivity index (χ0n) is 16.9. The maximum Gasteiger partial charge on any atom is 0.283 e. The van der Waals surface area contributed by atoms with E-state index < -0.39 is 0 Å². The quantitative estimate of drug-likeness (QED) is 0.524. The summed E-state index contributed by atoms with van der Waals surface area (Å²) in [5, 5.41) is 15.4. The van der Waals surface area contributed by atoms with Crippen LogP contribution in [0.5, 0.6) is 5.75 Å². The number of benzene rings is 1. The lowest BCUT2D eigenvalue weighted by atomic mass is 9.96. The lowest BCUT2D eigenvalue weighted by Crippen LogP contribution is -2.38. The Hall–Kier alpha value is -3.88. The zero-order chi connectivity index (χ0) is 21.2. The van der Waals surface area contributed by atoms with Crippen LogP contribution in [-0.2, 0) is 0 Å². The molecule has 0 atom stereocenters. The lowest BCUT2D eigenvalue weighted by Gasteiger charge is -2.30. The van der Waals surface area contributed by atoms with Gasteiger partial charge in [0, 0.05) is 24.6 Å². The van der Waals surface area contributed by atoms with E-state index >= 15 is 0 Å². The summed E-state index contributed by atoms with van der Waals surface area (Å²) < 4.78 is 16.5. The molecule has 0 saturated carbocycles. The molecule has 1 amide bonds. The number of aromatic nitrogens is 4. The summed E-state index contributed by atoms with van der Waals surface area (Å²) in [6.45, 7) is 1.20. The number of piperidine rings is 1. The summed E-state index contributed by atoms with van der Waals surface area (Å²) in [7, 11) is 1.61. The van der Waals surface area contributed by atoms with Crippen LogP contribution in [0, 0.1) is 0 Å². The van der Waals surface area contributed by atoms with Gasteiger partial charge in [0.15, 0.2) is 5.76 Å². The van der Waals surface area contributed by atoms with Gasteiger partial charge in [0.1, 0.15) is 11.4 Å². The third-order valence-corrected chi connectivity index (χ3v) is 5.50. The number of methoxy groups -OCH3 is 1. The van der Waals surface area contributed by atoms with Crippen LogP contribution in [0.3, 0.4) is 0 Å². The van der Waals surface area contributed by atoms with Gasteiger partial charge in [0.05, 0.1) is 19.1 Å². The minimum absolute atomic E-state index is 0.0751. The Morgan fingerprint density at radius 3 is 2.77 bits per heavy atom. The predicted octanol–water partition coefficient (Wildman–Crippen LogP) is 3.75. The van der Waals surface area contributed by atoms with Crippen LogP contribution in [0.1, 0.15) is 35.1 Å². The number of para-hydroxylation sites is 1. The van der Waals surface area contributed by atoms with Crippen LogP contribution < -0.4 is 4.74 Å². The van der Waals surface area contributed by atoms with E-state index in [4.69, 9.17) is 13.6 Å². The first kappa shape index (κ1) is 19.1. The molecule has 1 N–H and O–H groups in total. The summed E-state index contributed by atoms with van der Waals surface area (Å²) in [6.07, 6.45) is 3.07. The molecule has 1 aliphatic heterocycles. The first-order chi connectivity index (χ1) is 15.2. The van der Waals surface area contributed by atoms with Crippen LogP contribution >= 0.6 is 0 Å². The van der Waals surface area contributed by atoms with E-state index in [0.717, 1.165) is 18.4 Å². The summed E-state index contributed by atoms with van der Waals surface area (Å²) >= 11 is 0. The van der Waals surface area contributed by atoms with Crippen molar-refractivity contribution in [2.24, 2.45) is 0 Å². The average Bonchev–Trinajstić information content (AvgIpc) is 3.60. The molecule has 0 unspecified atom stereocenters. The Morgan fingerprint density at radius 1 is 1.16 bits per heavy atom. The van der Waals surface area contributed by atoms with Crippen LogP contribution in [0.25, 0.3) is 22.9 Å². The lowest BCUT2D eigenvalue weighted by molar-refractivity contribution is 0.0700. The standard InChI is InChI=1S/C22H21N5O4/c1-29-18-6-3-2-5-15(18)16-13-17(24-23-16)22(28)27-10-8-14(9-11-27)20-25-26-21(31-20)19-7-4-12-30-19/h2-7,12-14H,8-11H2,1H3,(H,23,24). The Morgan fingerprint density at radius 2 is 2.00 bits per heavy atom. The molecule has 0 spiro atoms. The number of hydrogen-bond acceptors (Lipinski definition) is 7. The highest BCUT2D eigenvalue weighted by Crippen LogP contribution is 2.31. The van der Waals surface area contributed by atoms with Gasteiger partial charge >= 0.3 is 0 Å². The molecule has 9 heteroatoms. The van der Waals surface area contributed by atoms with Crippen molar-refractivity contribution in [1.29, 1.82) is 0 Å². The SMILES string of the molecule is COc1ccccc1-c1cc(C(=O)N2CCC(c3nnc(-c4ccco4)o3)CC2)[nH]n1. The van der Waals surface area contributed by atoms with Gasteiger partial charge < -0.3 is 18.5 Å². The molecule has 1 aromatic carbocycles. The Balaban J connectivity index is 1.24. The molecular weight excluding hydrogens is 398 g/mol. The Kier molecular flexibility index (Phi) is 4.99. The molecule has 5 rings (SSSR count). The summed E-state index contributed by atoms with van der Waals surface area (Å²) in [4.78, 5) is 14.8. The van der Waals surface area contributed by atoms with Crippen molar-refractivity contribution in [3.63, 3.8) is 0 Å². The van der Waals surface area contributed by atoms with Crippen LogP contribution in [-0.4, -0.2) is 51.4 Å². The topological polar surface area (TPSA) is 110 Å². The number of furan rings is 1. The maximum absolute atomic E-state index is 13.0. The number of aromatic amines is 1. The number of amides is 1. The van der Waals surface area contributed by atoms with Crippen LogP contribution in [0.2, 0.25) is 0 Å². The minimum atomic E-state index is -0.0751. The summed E-state index contributed by atoms with van der Waals surface area (Å²) in [6, 6.07) is 12.9. The molecular formula is C22H21N5O4. The third-order valence-electron chi connectivity index (χ3n) is 5.50. The second-order valence-corrected chi connectivity index (χ2v) is 7.36. The van der Waals surface area contributed by atoms with Crippen molar-refractivity contribution in [3.05, 3.63) is 60.3 Å². The fourth-order valence-electron chi connectivity index (χ4n) is 3.82. The molecule has 9 nitrogen and oxygen atoms in total. The zero-order valence-corrected chi connectivity index (χ0v) is 16.9. The van der Waals surface area contributed by atoms with E-state index in [1.807, 2.05) is 29.2 Å². The molecule has 1 aliphatic rings. The van der Waals surface area contributed by atoms with Gasteiger partial charge in [-0.05, 0) is 43.2 Å².